The number of amides is 1. The molecule has 1 amide bonds. The Morgan fingerprint density at radius 3 is 1.93 bits per heavy atom. The van der Waals surface area contributed by atoms with E-state index >= 15 is 0 Å². The number of hydrogen-bond acceptors (Lipinski definition) is 3. The van der Waals surface area contributed by atoms with E-state index in [-0.39, 0.29) is 29.8 Å². The number of halogens is 2. The molecule has 4 nitrogen and oxygen atoms in total. The first-order valence-corrected chi connectivity index (χ1v) is 10.4. The zero-order valence-corrected chi connectivity index (χ0v) is 18.1. The van der Waals surface area contributed by atoms with E-state index in [0.29, 0.717) is 19.6 Å². The van der Waals surface area contributed by atoms with Crippen LogP contribution < -0.4 is 0 Å². The maximum atomic E-state index is 13.5. The van der Waals surface area contributed by atoms with Gasteiger partial charge in [-0.1, -0.05) is 31.2 Å². The van der Waals surface area contributed by atoms with Crippen molar-refractivity contribution in [1.82, 2.24) is 9.80 Å². The zero-order chi connectivity index (χ0) is 21.9. The lowest BCUT2D eigenvalue weighted by atomic mass is 9.93. The molecule has 1 atom stereocenters. The monoisotopic (exact) mass is 416 g/mol. The third kappa shape index (κ3) is 5.36. The van der Waals surface area contributed by atoms with Gasteiger partial charge in [0, 0.05) is 25.7 Å². The minimum atomic E-state index is -0.541. The molecule has 0 aliphatic carbocycles. The standard InChI is InChI=1S/C24H30F2N2O2/c1-5-21-16-27(23(29)30-24(2,3)4)14-15-28(21)22(17-6-10-19(25)11-7-17)18-8-12-20(26)13-9-18/h6-13,21-22H,5,14-16H2,1-4H3/t21-/m0/s1. The van der Waals surface area contributed by atoms with Crippen molar-refractivity contribution in [2.24, 2.45) is 0 Å². The quantitative estimate of drug-likeness (QED) is 0.670. The Kier molecular flexibility index (Phi) is 6.76. The van der Waals surface area contributed by atoms with Gasteiger partial charge in [0.1, 0.15) is 17.2 Å². The molecule has 162 valence electrons. The Labute approximate surface area is 177 Å². The van der Waals surface area contributed by atoms with Crippen molar-refractivity contribution in [3.05, 3.63) is 71.3 Å². The zero-order valence-electron chi connectivity index (χ0n) is 18.1. The Balaban J connectivity index is 1.88. The fraction of sp³-hybridized carbons (Fsp3) is 0.458. The molecular weight excluding hydrogens is 386 g/mol. The van der Waals surface area contributed by atoms with E-state index in [1.165, 1.54) is 24.3 Å². The van der Waals surface area contributed by atoms with E-state index < -0.39 is 5.60 Å². The molecule has 6 heteroatoms. The first kappa shape index (κ1) is 22.2. The number of piperazine rings is 1. The van der Waals surface area contributed by atoms with Crippen LogP contribution in [0, 0.1) is 11.6 Å². The Morgan fingerprint density at radius 1 is 1.00 bits per heavy atom. The van der Waals surface area contributed by atoms with E-state index in [9.17, 15) is 13.6 Å². The Hall–Kier alpha value is -2.47. The summed E-state index contributed by atoms with van der Waals surface area (Å²) >= 11 is 0. The lowest BCUT2D eigenvalue weighted by molar-refractivity contribution is -0.00223. The SMILES string of the molecule is CC[C@H]1CN(C(=O)OC(C)(C)C)CCN1C(c1ccc(F)cc1)c1ccc(F)cc1. The molecule has 0 spiro atoms. The van der Waals surface area contributed by atoms with Crippen LogP contribution in [0.25, 0.3) is 0 Å². The molecule has 30 heavy (non-hydrogen) atoms. The van der Waals surface area contributed by atoms with Crippen LogP contribution in [-0.2, 0) is 4.74 Å². The van der Waals surface area contributed by atoms with Crippen LogP contribution in [0.3, 0.4) is 0 Å². The second kappa shape index (κ2) is 9.13. The summed E-state index contributed by atoms with van der Waals surface area (Å²) in [5.74, 6) is -0.586. The predicted octanol–water partition coefficient (Wildman–Crippen LogP) is 5.39. The summed E-state index contributed by atoms with van der Waals surface area (Å²) in [6, 6.07) is 12.8. The molecule has 2 aromatic carbocycles. The summed E-state index contributed by atoms with van der Waals surface area (Å²) in [6.45, 7) is 9.38. The third-order valence-corrected chi connectivity index (χ3v) is 5.35. The van der Waals surface area contributed by atoms with Gasteiger partial charge in [-0.25, -0.2) is 13.6 Å². The van der Waals surface area contributed by atoms with Gasteiger partial charge in [-0.15, -0.1) is 0 Å². The van der Waals surface area contributed by atoms with Crippen LogP contribution in [0.4, 0.5) is 13.6 Å². The van der Waals surface area contributed by atoms with Crippen LogP contribution in [0.15, 0.2) is 48.5 Å². The van der Waals surface area contributed by atoms with Crippen molar-refractivity contribution in [1.29, 1.82) is 0 Å². The fourth-order valence-electron chi connectivity index (χ4n) is 3.93. The molecule has 0 radical (unpaired) electrons. The third-order valence-electron chi connectivity index (χ3n) is 5.35. The van der Waals surface area contributed by atoms with Crippen LogP contribution in [0.5, 0.6) is 0 Å². The average Bonchev–Trinajstić information content (AvgIpc) is 2.70. The minimum absolute atomic E-state index is 0.0892. The second-order valence-corrected chi connectivity index (χ2v) is 8.73. The van der Waals surface area contributed by atoms with Crippen molar-refractivity contribution in [2.75, 3.05) is 19.6 Å². The number of carbonyl (C=O) groups excluding carboxylic acids is 1. The van der Waals surface area contributed by atoms with E-state index in [1.54, 1.807) is 29.2 Å². The van der Waals surface area contributed by atoms with Crippen molar-refractivity contribution < 1.29 is 18.3 Å². The first-order chi connectivity index (χ1) is 14.2. The molecule has 0 saturated carbocycles. The van der Waals surface area contributed by atoms with Crippen LogP contribution in [-0.4, -0.2) is 47.2 Å². The second-order valence-electron chi connectivity index (χ2n) is 8.73. The number of nitrogens with zero attached hydrogens (tertiary/aromatic N) is 2. The Morgan fingerprint density at radius 2 is 1.50 bits per heavy atom. The topological polar surface area (TPSA) is 32.8 Å². The maximum Gasteiger partial charge on any atom is 0.410 e. The molecule has 1 saturated heterocycles. The normalized spacial score (nSPS) is 18.0. The summed E-state index contributed by atoms with van der Waals surface area (Å²) in [7, 11) is 0. The van der Waals surface area contributed by atoms with Crippen molar-refractivity contribution in [2.45, 2.75) is 51.8 Å². The van der Waals surface area contributed by atoms with Gasteiger partial charge in [-0.2, -0.15) is 0 Å². The van der Waals surface area contributed by atoms with Gasteiger partial charge in [0.2, 0.25) is 0 Å². The molecule has 0 bridgehead atoms. The van der Waals surface area contributed by atoms with Crippen LogP contribution in [0.2, 0.25) is 0 Å². The van der Waals surface area contributed by atoms with Gasteiger partial charge in [0.15, 0.2) is 0 Å². The van der Waals surface area contributed by atoms with Gasteiger partial charge < -0.3 is 9.64 Å². The summed E-state index contributed by atoms with van der Waals surface area (Å²) < 4.78 is 32.6. The predicted molar refractivity (Wildman–Crippen MR) is 113 cm³/mol. The van der Waals surface area contributed by atoms with Crippen molar-refractivity contribution >= 4 is 6.09 Å². The Bertz CT molecular complexity index is 802. The molecule has 1 aliphatic rings. The minimum Gasteiger partial charge on any atom is -0.444 e. The van der Waals surface area contributed by atoms with Crippen molar-refractivity contribution in [3.8, 4) is 0 Å². The highest BCUT2D eigenvalue weighted by molar-refractivity contribution is 5.68. The van der Waals surface area contributed by atoms with Crippen LogP contribution in [0.1, 0.15) is 51.3 Å². The molecule has 2 aromatic rings. The molecule has 0 aromatic heterocycles. The highest BCUT2D eigenvalue weighted by Gasteiger charge is 2.35. The molecule has 1 aliphatic heterocycles. The molecule has 0 N–H and O–H groups in total. The number of hydrogen-bond donors (Lipinski definition) is 0. The first-order valence-electron chi connectivity index (χ1n) is 10.4. The van der Waals surface area contributed by atoms with E-state index in [4.69, 9.17) is 4.74 Å². The number of rotatable bonds is 4. The van der Waals surface area contributed by atoms with Gasteiger partial charge in [-0.05, 0) is 62.6 Å². The van der Waals surface area contributed by atoms with Gasteiger partial charge >= 0.3 is 6.09 Å². The summed E-state index contributed by atoms with van der Waals surface area (Å²) in [4.78, 5) is 16.6. The van der Waals surface area contributed by atoms with E-state index in [1.807, 2.05) is 20.8 Å². The summed E-state index contributed by atoms with van der Waals surface area (Å²) in [5.41, 5.74) is 1.33. The van der Waals surface area contributed by atoms with E-state index in [2.05, 4.69) is 11.8 Å². The number of ether oxygens (including phenoxy) is 1. The summed E-state index contributed by atoms with van der Waals surface area (Å²) in [5, 5.41) is 0. The fourth-order valence-corrected chi connectivity index (χ4v) is 3.93. The highest BCUT2D eigenvalue weighted by Crippen LogP contribution is 2.33. The summed E-state index contributed by atoms with van der Waals surface area (Å²) in [6.07, 6.45) is 0.527. The lowest BCUT2D eigenvalue weighted by Crippen LogP contribution is -2.56. The lowest BCUT2D eigenvalue weighted by Gasteiger charge is -2.45. The van der Waals surface area contributed by atoms with Gasteiger partial charge in [0.25, 0.3) is 0 Å². The van der Waals surface area contributed by atoms with Gasteiger partial charge in [0.05, 0.1) is 6.04 Å². The highest BCUT2D eigenvalue weighted by atomic mass is 19.1. The van der Waals surface area contributed by atoms with Crippen LogP contribution >= 0.6 is 0 Å². The van der Waals surface area contributed by atoms with Gasteiger partial charge in [-0.3, -0.25) is 4.90 Å². The molecule has 3 rings (SSSR count). The number of carbonyl (C=O) groups is 1. The average molecular weight is 417 g/mol. The number of benzene rings is 2. The maximum absolute atomic E-state index is 13.5. The largest absolute Gasteiger partial charge is 0.444 e. The van der Waals surface area contributed by atoms with E-state index in [0.717, 1.165) is 17.5 Å². The molecule has 1 heterocycles. The molecule has 1 fully saturated rings. The van der Waals surface area contributed by atoms with Crippen molar-refractivity contribution in [3.63, 3.8) is 0 Å². The smallest absolute Gasteiger partial charge is 0.410 e. The molecular formula is C24H30F2N2O2. The molecule has 0 unspecified atom stereocenters.